The molecule has 0 spiro atoms. The Kier molecular flexibility index (Phi) is 3.84. The predicted molar refractivity (Wildman–Crippen MR) is 86.1 cm³/mol. The van der Waals surface area contributed by atoms with Gasteiger partial charge in [-0.2, -0.15) is 0 Å². The van der Waals surface area contributed by atoms with E-state index in [9.17, 15) is 0 Å². The van der Waals surface area contributed by atoms with E-state index < -0.39 is 0 Å². The Bertz CT molecular complexity index is 780. The van der Waals surface area contributed by atoms with Crippen molar-refractivity contribution in [1.29, 1.82) is 0 Å². The van der Waals surface area contributed by atoms with Gasteiger partial charge in [0.2, 0.25) is 0 Å². The van der Waals surface area contributed by atoms with Crippen LogP contribution in [0.5, 0.6) is 5.75 Å². The van der Waals surface area contributed by atoms with E-state index >= 15 is 0 Å². The predicted octanol–water partition coefficient (Wildman–Crippen LogP) is 4.14. The third-order valence-corrected chi connectivity index (χ3v) is 3.82. The Balaban J connectivity index is 2.06. The summed E-state index contributed by atoms with van der Waals surface area (Å²) in [7, 11) is 1.68. The number of imidazole rings is 1. The summed E-state index contributed by atoms with van der Waals surface area (Å²) >= 11 is 6.06. The van der Waals surface area contributed by atoms with Gasteiger partial charge in [0.15, 0.2) is 0 Å². The van der Waals surface area contributed by atoms with Crippen molar-refractivity contribution < 1.29 is 4.74 Å². The lowest BCUT2D eigenvalue weighted by Crippen LogP contribution is -2.04. The molecule has 3 nitrogen and oxygen atoms in total. The fourth-order valence-corrected chi connectivity index (χ4v) is 2.73. The lowest BCUT2D eigenvalue weighted by molar-refractivity contribution is 0.414. The number of alkyl halides is 1. The van der Waals surface area contributed by atoms with Crippen LogP contribution in [0.3, 0.4) is 0 Å². The van der Waals surface area contributed by atoms with E-state index in [0.29, 0.717) is 5.88 Å². The molecule has 1 aromatic heterocycles. The maximum absolute atomic E-state index is 6.06. The van der Waals surface area contributed by atoms with E-state index in [4.69, 9.17) is 16.3 Å². The van der Waals surface area contributed by atoms with E-state index in [1.165, 1.54) is 11.1 Å². The zero-order chi connectivity index (χ0) is 14.8. The highest BCUT2D eigenvalue weighted by Crippen LogP contribution is 2.22. The molecule has 4 heteroatoms. The average molecular weight is 301 g/mol. The van der Waals surface area contributed by atoms with Crippen LogP contribution in [0.25, 0.3) is 11.0 Å². The van der Waals surface area contributed by atoms with Crippen LogP contribution in [0.4, 0.5) is 0 Å². The summed E-state index contributed by atoms with van der Waals surface area (Å²) in [5.41, 5.74) is 4.47. The number of aromatic nitrogens is 2. The van der Waals surface area contributed by atoms with Crippen molar-refractivity contribution in [3.05, 3.63) is 59.4 Å². The van der Waals surface area contributed by atoms with Gasteiger partial charge in [-0.3, -0.25) is 0 Å². The summed E-state index contributed by atoms with van der Waals surface area (Å²) in [6, 6.07) is 14.4. The lowest BCUT2D eigenvalue weighted by atomic mass is 10.2. The maximum atomic E-state index is 6.06. The third-order valence-electron chi connectivity index (χ3n) is 3.58. The van der Waals surface area contributed by atoms with Gasteiger partial charge in [-0.15, -0.1) is 11.6 Å². The summed E-state index contributed by atoms with van der Waals surface area (Å²) in [5, 5.41) is 0. The zero-order valence-corrected chi connectivity index (χ0v) is 12.9. The second-order valence-corrected chi connectivity index (χ2v) is 5.36. The van der Waals surface area contributed by atoms with Gasteiger partial charge in [-0.05, 0) is 42.3 Å². The Hall–Kier alpha value is -2.00. The molecule has 0 radical (unpaired) electrons. The first kappa shape index (κ1) is 14.0. The number of halogens is 1. The largest absolute Gasteiger partial charge is 0.497 e. The Morgan fingerprint density at radius 2 is 2.05 bits per heavy atom. The molecule has 0 aliphatic carbocycles. The van der Waals surface area contributed by atoms with Crippen LogP contribution in [0.1, 0.15) is 17.0 Å². The van der Waals surface area contributed by atoms with Gasteiger partial charge >= 0.3 is 0 Å². The molecular weight excluding hydrogens is 284 g/mol. The van der Waals surface area contributed by atoms with Crippen molar-refractivity contribution in [2.24, 2.45) is 0 Å². The molecule has 0 saturated heterocycles. The summed E-state index contributed by atoms with van der Waals surface area (Å²) in [6.45, 7) is 2.81. The second kappa shape index (κ2) is 5.78. The Morgan fingerprint density at radius 3 is 2.81 bits per heavy atom. The highest BCUT2D eigenvalue weighted by atomic mass is 35.5. The Morgan fingerprint density at radius 1 is 1.19 bits per heavy atom. The van der Waals surface area contributed by atoms with Gasteiger partial charge in [0.25, 0.3) is 0 Å². The van der Waals surface area contributed by atoms with Gasteiger partial charge in [-0.1, -0.05) is 18.2 Å². The van der Waals surface area contributed by atoms with Crippen LogP contribution in [-0.4, -0.2) is 16.7 Å². The molecule has 0 saturated carbocycles. The SMILES string of the molecule is COc1cccc(Cn2c(CCl)nc3cc(C)ccc32)c1. The summed E-state index contributed by atoms with van der Waals surface area (Å²) < 4.78 is 7.45. The van der Waals surface area contributed by atoms with E-state index in [1.54, 1.807) is 7.11 Å². The molecule has 0 N–H and O–H groups in total. The molecular formula is C17H17ClN2O. The average Bonchev–Trinajstić information content (AvgIpc) is 2.84. The number of benzene rings is 2. The van der Waals surface area contributed by atoms with E-state index in [-0.39, 0.29) is 0 Å². The Labute approximate surface area is 129 Å². The van der Waals surface area contributed by atoms with Gasteiger partial charge < -0.3 is 9.30 Å². The number of fused-ring (bicyclic) bond motifs is 1. The maximum Gasteiger partial charge on any atom is 0.125 e. The van der Waals surface area contributed by atoms with E-state index in [0.717, 1.165) is 29.2 Å². The first-order valence-electron chi connectivity index (χ1n) is 6.86. The van der Waals surface area contributed by atoms with Crippen molar-refractivity contribution in [1.82, 2.24) is 9.55 Å². The molecule has 0 aliphatic rings. The van der Waals surface area contributed by atoms with Gasteiger partial charge in [0.1, 0.15) is 11.6 Å². The zero-order valence-electron chi connectivity index (χ0n) is 12.1. The molecule has 2 aromatic carbocycles. The molecule has 0 fully saturated rings. The lowest BCUT2D eigenvalue weighted by Gasteiger charge is -2.09. The fraction of sp³-hybridized carbons (Fsp3) is 0.235. The van der Waals surface area contributed by atoms with Crippen LogP contribution in [0.2, 0.25) is 0 Å². The fourth-order valence-electron chi connectivity index (χ4n) is 2.52. The number of methoxy groups -OCH3 is 1. The summed E-state index contributed by atoms with van der Waals surface area (Å²) in [6.07, 6.45) is 0. The summed E-state index contributed by atoms with van der Waals surface area (Å²) in [5.74, 6) is 2.15. The number of hydrogen-bond donors (Lipinski definition) is 0. The molecule has 1 heterocycles. The first-order chi connectivity index (χ1) is 10.2. The number of hydrogen-bond acceptors (Lipinski definition) is 2. The quantitative estimate of drug-likeness (QED) is 0.677. The minimum Gasteiger partial charge on any atom is -0.497 e. The number of nitrogens with zero attached hydrogens (tertiary/aromatic N) is 2. The molecule has 0 aliphatic heterocycles. The standard InChI is InChI=1S/C17H17ClN2O/c1-12-6-7-16-15(8-12)19-17(10-18)20(16)11-13-4-3-5-14(9-13)21-2/h3-9H,10-11H2,1-2H3. The first-order valence-corrected chi connectivity index (χ1v) is 7.39. The highest BCUT2D eigenvalue weighted by Gasteiger charge is 2.10. The van der Waals surface area contributed by atoms with Crippen LogP contribution < -0.4 is 4.74 Å². The van der Waals surface area contributed by atoms with Crippen LogP contribution in [0.15, 0.2) is 42.5 Å². The monoisotopic (exact) mass is 300 g/mol. The van der Waals surface area contributed by atoms with Crippen molar-refractivity contribution in [3.8, 4) is 5.75 Å². The van der Waals surface area contributed by atoms with Crippen LogP contribution in [-0.2, 0) is 12.4 Å². The van der Waals surface area contributed by atoms with Crippen LogP contribution >= 0.6 is 11.6 Å². The van der Waals surface area contributed by atoms with Crippen LogP contribution in [0, 0.1) is 6.92 Å². The molecule has 0 atom stereocenters. The molecule has 108 valence electrons. The number of aryl methyl sites for hydroxylation is 1. The molecule has 21 heavy (non-hydrogen) atoms. The van der Waals surface area contributed by atoms with Crippen molar-refractivity contribution in [3.63, 3.8) is 0 Å². The molecule has 3 aromatic rings. The van der Waals surface area contributed by atoms with E-state index in [1.807, 2.05) is 18.2 Å². The highest BCUT2D eigenvalue weighted by molar-refractivity contribution is 6.16. The molecule has 3 rings (SSSR count). The van der Waals surface area contributed by atoms with Gasteiger partial charge in [0.05, 0.1) is 24.0 Å². The number of ether oxygens (including phenoxy) is 1. The minimum atomic E-state index is 0.400. The van der Waals surface area contributed by atoms with Crippen molar-refractivity contribution in [2.45, 2.75) is 19.3 Å². The smallest absolute Gasteiger partial charge is 0.125 e. The molecule has 0 bridgehead atoms. The second-order valence-electron chi connectivity index (χ2n) is 5.09. The van der Waals surface area contributed by atoms with Crippen molar-refractivity contribution >= 4 is 22.6 Å². The normalized spacial score (nSPS) is 11.0. The topological polar surface area (TPSA) is 27.1 Å². The van der Waals surface area contributed by atoms with Crippen molar-refractivity contribution in [2.75, 3.05) is 7.11 Å². The van der Waals surface area contributed by atoms with E-state index in [2.05, 4.69) is 40.7 Å². The summed E-state index contributed by atoms with van der Waals surface area (Å²) in [4.78, 5) is 4.63. The van der Waals surface area contributed by atoms with Gasteiger partial charge in [-0.25, -0.2) is 4.98 Å². The molecule has 0 unspecified atom stereocenters. The molecule has 0 amide bonds. The minimum absolute atomic E-state index is 0.400. The van der Waals surface area contributed by atoms with Gasteiger partial charge in [0, 0.05) is 6.54 Å². The third kappa shape index (κ3) is 2.74. The number of rotatable bonds is 4.